The van der Waals surface area contributed by atoms with E-state index in [0.29, 0.717) is 17.8 Å². The van der Waals surface area contributed by atoms with E-state index in [-0.39, 0.29) is 5.82 Å². The van der Waals surface area contributed by atoms with Gasteiger partial charge < -0.3 is 4.90 Å². The van der Waals surface area contributed by atoms with E-state index in [9.17, 15) is 9.18 Å². The monoisotopic (exact) mass is 221 g/mol. The zero-order chi connectivity index (χ0) is 11.5. The number of benzene rings is 1. The van der Waals surface area contributed by atoms with Gasteiger partial charge in [-0.15, -0.1) is 0 Å². The molecule has 3 heteroatoms. The van der Waals surface area contributed by atoms with Crippen molar-refractivity contribution < 1.29 is 9.18 Å². The molecular weight excluding hydrogens is 205 g/mol. The Kier molecular flexibility index (Phi) is 3.22. The lowest BCUT2D eigenvalue weighted by atomic mass is 9.99. The first-order valence-corrected chi connectivity index (χ1v) is 5.70. The molecule has 1 aromatic rings. The summed E-state index contributed by atoms with van der Waals surface area (Å²) >= 11 is 0. The maximum atomic E-state index is 13.3. The van der Waals surface area contributed by atoms with Crippen molar-refractivity contribution in [1.29, 1.82) is 0 Å². The molecule has 1 aliphatic heterocycles. The molecule has 0 aromatic heterocycles. The van der Waals surface area contributed by atoms with Crippen LogP contribution in [0.2, 0.25) is 0 Å². The largest absolute Gasteiger partial charge is 0.371 e. The van der Waals surface area contributed by atoms with E-state index in [4.69, 9.17) is 0 Å². The van der Waals surface area contributed by atoms with Gasteiger partial charge in [0.25, 0.3) is 0 Å². The van der Waals surface area contributed by atoms with Gasteiger partial charge in [0.2, 0.25) is 0 Å². The Morgan fingerprint density at radius 3 is 2.94 bits per heavy atom. The summed E-state index contributed by atoms with van der Waals surface area (Å²) in [6.07, 6.45) is 3.06. The van der Waals surface area contributed by atoms with E-state index in [1.807, 2.05) is 0 Å². The molecule has 16 heavy (non-hydrogen) atoms. The number of hydrogen-bond acceptors (Lipinski definition) is 2. The maximum Gasteiger partial charge on any atom is 0.150 e. The fourth-order valence-electron chi connectivity index (χ4n) is 2.27. The van der Waals surface area contributed by atoms with E-state index < -0.39 is 0 Å². The first-order valence-electron chi connectivity index (χ1n) is 5.70. The van der Waals surface area contributed by atoms with Crippen molar-refractivity contribution in [3.63, 3.8) is 0 Å². The average Bonchev–Trinajstić information content (AvgIpc) is 2.28. The minimum Gasteiger partial charge on any atom is -0.371 e. The number of nitrogens with zero attached hydrogens (tertiary/aromatic N) is 1. The Labute approximate surface area is 95.1 Å². The second kappa shape index (κ2) is 4.64. The van der Waals surface area contributed by atoms with E-state index in [0.717, 1.165) is 25.2 Å². The minimum atomic E-state index is -0.335. The van der Waals surface area contributed by atoms with Gasteiger partial charge in [0, 0.05) is 24.3 Å². The van der Waals surface area contributed by atoms with Gasteiger partial charge >= 0.3 is 0 Å². The summed E-state index contributed by atoms with van der Waals surface area (Å²) in [6.45, 7) is 4.10. The molecule has 0 bridgehead atoms. The number of carbonyl (C=O) groups is 1. The van der Waals surface area contributed by atoms with E-state index in [1.165, 1.54) is 18.6 Å². The lowest BCUT2D eigenvalue weighted by Crippen LogP contribution is -2.34. The first kappa shape index (κ1) is 11.1. The fourth-order valence-corrected chi connectivity index (χ4v) is 2.27. The Bertz CT molecular complexity index is 392. The average molecular weight is 221 g/mol. The third-order valence-corrected chi connectivity index (χ3v) is 3.06. The van der Waals surface area contributed by atoms with Crippen LogP contribution in [0, 0.1) is 11.7 Å². The Morgan fingerprint density at radius 1 is 1.44 bits per heavy atom. The molecule has 0 spiro atoms. The lowest BCUT2D eigenvalue weighted by molar-refractivity contribution is 0.112. The van der Waals surface area contributed by atoms with Crippen LogP contribution in [-0.4, -0.2) is 19.4 Å². The summed E-state index contributed by atoms with van der Waals surface area (Å²) in [5.74, 6) is 0.300. The fraction of sp³-hybridized carbons (Fsp3) is 0.462. The predicted octanol–water partition coefficient (Wildman–Crippen LogP) is 2.87. The van der Waals surface area contributed by atoms with Crippen molar-refractivity contribution in [3.8, 4) is 0 Å². The Balaban J connectivity index is 2.24. The summed E-state index contributed by atoms with van der Waals surface area (Å²) in [6, 6.07) is 4.53. The molecular formula is C13H16FNO. The summed E-state index contributed by atoms with van der Waals surface area (Å²) in [5, 5.41) is 0. The smallest absolute Gasteiger partial charge is 0.150 e. The van der Waals surface area contributed by atoms with Crippen molar-refractivity contribution in [2.24, 2.45) is 5.92 Å². The van der Waals surface area contributed by atoms with Crippen molar-refractivity contribution in [2.45, 2.75) is 19.8 Å². The van der Waals surface area contributed by atoms with Crippen LogP contribution >= 0.6 is 0 Å². The second-order valence-electron chi connectivity index (χ2n) is 4.55. The molecule has 2 rings (SSSR count). The molecule has 0 radical (unpaired) electrons. The van der Waals surface area contributed by atoms with E-state index in [2.05, 4.69) is 11.8 Å². The number of halogens is 1. The number of hydrogen-bond donors (Lipinski definition) is 0. The lowest BCUT2D eigenvalue weighted by Gasteiger charge is -2.32. The molecule has 1 aromatic carbocycles. The number of anilines is 1. The molecule has 0 N–H and O–H groups in total. The van der Waals surface area contributed by atoms with Gasteiger partial charge in [-0.1, -0.05) is 6.92 Å². The van der Waals surface area contributed by atoms with Crippen molar-refractivity contribution in [1.82, 2.24) is 0 Å². The number of rotatable bonds is 2. The highest BCUT2D eigenvalue weighted by Gasteiger charge is 2.17. The van der Waals surface area contributed by atoms with Gasteiger partial charge in [0.15, 0.2) is 0 Å². The van der Waals surface area contributed by atoms with E-state index >= 15 is 0 Å². The summed E-state index contributed by atoms with van der Waals surface area (Å²) in [7, 11) is 0. The molecule has 1 saturated heterocycles. The molecule has 2 nitrogen and oxygen atoms in total. The minimum absolute atomic E-state index is 0.335. The third kappa shape index (κ3) is 2.40. The highest BCUT2D eigenvalue weighted by atomic mass is 19.1. The van der Waals surface area contributed by atoms with Crippen molar-refractivity contribution in [3.05, 3.63) is 29.6 Å². The van der Waals surface area contributed by atoms with Crippen LogP contribution in [0.25, 0.3) is 0 Å². The molecule has 86 valence electrons. The van der Waals surface area contributed by atoms with Gasteiger partial charge in [-0.2, -0.15) is 0 Å². The number of piperidine rings is 1. The molecule has 0 amide bonds. The summed E-state index contributed by atoms with van der Waals surface area (Å²) in [5.41, 5.74) is 1.24. The quantitative estimate of drug-likeness (QED) is 0.716. The predicted molar refractivity (Wildman–Crippen MR) is 62.4 cm³/mol. The molecule has 0 saturated carbocycles. The van der Waals surface area contributed by atoms with Crippen LogP contribution in [0.1, 0.15) is 30.1 Å². The number of aldehydes is 1. The van der Waals surface area contributed by atoms with Gasteiger partial charge in [0.1, 0.15) is 12.1 Å². The molecule has 1 heterocycles. The van der Waals surface area contributed by atoms with Gasteiger partial charge in [-0.3, -0.25) is 4.79 Å². The zero-order valence-corrected chi connectivity index (χ0v) is 9.45. The van der Waals surface area contributed by atoms with E-state index in [1.54, 1.807) is 6.07 Å². The maximum absolute atomic E-state index is 13.3. The highest BCUT2D eigenvalue weighted by Crippen LogP contribution is 2.24. The van der Waals surface area contributed by atoms with Gasteiger partial charge in [-0.05, 0) is 37.0 Å². The van der Waals surface area contributed by atoms with Crippen LogP contribution in [0.3, 0.4) is 0 Å². The molecule has 0 aliphatic carbocycles. The first-order chi connectivity index (χ1) is 7.69. The second-order valence-corrected chi connectivity index (χ2v) is 4.55. The topological polar surface area (TPSA) is 20.3 Å². The summed E-state index contributed by atoms with van der Waals surface area (Å²) in [4.78, 5) is 12.8. The standard InChI is InChI=1S/C13H16FNO/c1-10-3-2-4-15(8-10)13-6-11(9-16)5-12(14)7-13/h5-7,9-10H,2-4,8H2,1H3. The third-order valence-electron chi connectivity index (χ3n) is 3.06. The van der Waals surface area contributed by atoms with Crippen LogP contribution in [0.5, 0.6) is 0 Å². The molecule has 1 unspecified atom stereocenters. The highest BCUT2D eigenvalue weighted by molar-refractivity contribution is 5.77. The zero-order valence-electron chi connectivity index (χ0n) is 9.45. The van der Waals surface area contributed by atoms with Gasteiger partial charge in [0.05, 0.1) is 0 Å². The van der Waals surface area contributed by atoms with Crippen LogP contribution in [0.15, 0.2) is 18.2 Å². The van der Waals surface area contributed by atoms with Crippen LogP contribution in [-0.2, 0) is 0 Å². The summed E-state index contributed by atoms with van der Waals surface area (Å²) < 4.78 is 13.3. The molecule has 1 atom stereocenters. The van der Waals surface area contributed by atoms with Crippen LogP contribution in [0.4, 0.5) is 10.1 Å². The van der Waals surface area contributed by atoms with Crippen LogP contribution < -0.4 is 4.90 Å². The van der Waals surface area contributed by atoms with Crippen molar-refractivity contribution in [2.75, 3.05) is 18.0 Å². The van der Waals surface area contributed by atoms with Gasteiger partial charge in [-0.25, -0.2) is 4.39 Å². The molecule has 1 fully saturated rings. The van der Waals surface area contributed by atoms with Crippen molar-refractivity contribution >= 4 is 12.0 Å². The number of carbonyl (C=O) groups excluding carboxylic acids is 1. The molecule has 1 aliphatic rings. The normalized spacial score (nSPS) is 20.9. The SMILES string of the molecule is CC1CCCN(c2cc(F)cc(C=O)c2)C1. The Morgan fingerprint density at radius 2 is 2.25 bits per heavy atom. The Hall–Kier alpha value is -1.38.